The SMILES string of the molecule is O=C(CSc1ccc(C(F)(F)F)cn1)NC(c1ccccc1)c1ccco1. The molecule has 3 rings (SSSR count). The number of alkyl halides is 3. The Hall–Kier alpha value is -2.74. The monoisotopic (exact) mass is 392 g/mol. The van der Waals surface area contributed by atoms with E-state index in [0.717, 1.165) is 29.6 Å². The standard InChI is InChI=1S/C19H15F3N2O2S/c20-19(21,22)14-8-9-17(23-11-14)27-12-16(25)24-18(15-7-4-10-26-15)13-5-2-1-3-6-13/h1-11,18H,12H2,(H,24,25). The van der Waals surface area contributed by atoms with E-state index in [0.29, 0.717) is 10.8 Å². The van der Waals surface area contributed by atoms with Crippen LogP contribution in [0, 0.1) is 0 Å². The molecule has 27 heavy (non-hydrogen) atoms. The minimum Gasteiger partial charge on any atom is -0.467 e. The molecule has 1 amide bonds. The predicted octanol–water partition coefficient (Wildman–Crippen LogP) is 4.69. The van der Waals surface area contributed by atoms with E-state index < -0.39 is 17.8 Å². The molecule has 2 heterocycles. The van der Waals surface area contributed by atoms with E-state index in [2.05, 4.69) is 10.3 Å². The van der Waals surface area contributed by atoms with Crippen LogP contribution >= 0.6 is 11.8 Å². The minimum atomic E-state index is -4.43. The molecule has 0 saturated heterocycles. The number of halogens is 3. The molecular formula is C19H15F3N2O2S. The van der Waals surface area contributed by atoms with E-state index >= 15 is 0 Å². The quantitative estimate of drug-likeness (QED) is 0.619. The van der Waals surface area contributed by atoms with Gasteiger partial charge in [-0.2, -0.15) is 13.2 Å². The van der Waals surface area contributed by atoms with E-state index in [4.69, 9.17) is 4.42 Å². The molecule has 140 valence electrons. The summed E-state index contributed by atoms with van der Waals surface area (Å²) in [5, 5.41) is 3.22. The Morgan fingerprint density at radius 2 is 1.89 bits per heavy atom. The van der Waals surface area contributed by atoms with Crippen LogP contribution in [0.25, 0.3) is 0 Å². The van der Waals surface area contributed by atoms with Gasteiger partial charge in [0.1, 0.15) is 11.8 Å². The van der Waals surface area contributed by atoms with Crippen LogP contribution in [0.2, 0.25) is 0 Å². The zero-order valence-corrected chi connectivity index (χ0v) is 14.8. The van der Waals surface area contributed by atoms with Crippen molar-refractivity contribution in [3.8, 4) is 0 Å². The van der Waals surface area contributed by atoms with Gasteiger partial charge >= 0.3 is 6.18 Å². The molecule has 1 atom stereocenters. The number of nitrogens with zero attached hydrogens (tertiary/aromatic N) is 1. The van der Waals surface area contributed by atoms with Crippen LogP contribution < -0.4 is 5.32 Å². The average molecular weight is 392 g/mol. The van der Waals surface area contributed by atoms with Crippen LogP contribution in [0.5, 0.6) is 0 Å². The number of hydrogen-bond donors (Lipinski definition) is 1. The lowest BCUT2D eigenvalue weighted by Gasteiger charge is -2.17. The molecule has 4 nitrogen and oxygen atoms in total. The van der Waals surface area contributed by atoms with Crippen molar-refractivity contribution in [2.75, 3.05) is 5.75 Å². The van der Waals surface area contributed by atoms with Gasteiger partial charge in [0.05, 0.1) is 22.6 Å². The van der Waals surface area contributed by atoms with Crippen molar-refractivity contribution in [2.24, 2.45) is 0 Å². The van der Waals surface area contributed by atoms with Crippen molar-refractivity contribution >= 4 is 17.7 Å². The van der Waals surface area contributed by atoms with Crippen LogP contribution in [-0.4, -0.2) is 16.6 Å². The molecule has 0 fully saturated rings. The zero-order chi connectivity index (χ0) is 19.3. The van der Waals surface area contributed by atoms with E-state index in [9.17, 15) is 18.0 Å². The number of furan rings is 1. The first-order valence-corrected chi connectivity index (χ1v) is 8.96. The fourth-order valence-corrected chi connectivity index (χ4v) is 3.05. The summed E-state index contributed by atoms with van der Waals surface area (Å²) in [6.45, 7) is 0. The van der Waals surface area contributed by atoms with E-state index in [1.54, 1.807) is 12.1 Å². The zero-order valence-electron chi connectivity index (χ0n) is 13.9. The van der Waals surface area contributed by atoms with Crippen LogP contribution in [0.1, 0.15) is 22.9 Å². The summed E-state index contributed by atoms with van der Waals surface area (Å²) in [6, 6.07) is 14.6. The number of aromatic nitrogens is 1. The second-order valence-corrected chi connectivity index (χ2v) is 6.59. The van der Waals surface area contributed by atoms with Crippen LogP contribution in [0.15, 0.2) is 76.5 Å². The number of amides is 1. The molecule has 1 unspecified atom stereocenters. The first-order chi connectivity index (χ1) is 12.9. The van der Waals surface area contributed by atoms with Gasteiger partial charge in [0.15, 0.2) is 0 Å². The van der Waals surface area contributed by atoms with Gasteiger partial charge in [-0.3, -0.25) is 4.79 Å². The number of benzene rings is 1. The second-order valence-electron chi connectivity index (χ2n) is 5.60. The highest BCUT2D eigenvalue weighted by atomic mass is 32.2. The van der Waals surface area contributed by atoms with Crippen LogP contribution in [-0.2, 0) is 11.0 Å². The minimum absolute atomic E-state index is 0.0163. The van der Waals surface area contributed by atoms with Gasteiger partial charge in [0.25, 0.3) is 0 Å². The van der Waals surface area contributed by atoms with Gasteiger partial charge in [0, 0.05) is 6.20 Å². The smallest absolute Gasteiger partial charge is 0.417 e. The third kappa shape index (κ3) is 5.13. The molecule has 0 aliphatic heterocycles. The van der Waals surface area contributed by atoms with Crippen LogP contribution in [0.3, 0.4) is 0 Å². The van der Waals surface area contributed by atoms with Gasteiger partial charge in [-0.05, 0) is 29.8 Å². The molecule has 0 aliphatic rings. The number of carbonyl (C=O) groups excluding carboxylic acids is 1. The summed E-state index contributed by atoms with van der Waals surface area (Å²) in [5.41, 5.74) is 0.0386. The summed E-state index contributed by atoms with van der Waals surface area (Å²) >= 11 is 1.06. The number of pyridine rings is 1. The third-order valence-corrected chi connectivity index (χ3v) is 4.62. The second kappa shape index (κ2) is 8.30. The molecule has 3 aromatic rings. The predicted molar refractivity (Wildman–Crippen MR) is 95.1 cm³/mol. The molecule has 2 aromatic heterocycles. The van der Waals surface area contributed by atoms with Crippen molar-refractivity contribution < 1.29 is 22.4 Å². The number of thioether (sulfide) groups is 1. The van der Waals surface area contributed by atoms with Crippen molar-refractivity contribution in [2.45, 2.75) is 17.2 Å². The summed E-state index contributed by atoms with van der Waals surface area (Å²) in [7, 11) is 0. The average Bonchev–Trinajstić information content (AvgIpc) is 3.19. The van der Waals surface area contributed by atoms with Gasteiger partial charge in [-0.1, -0.05) is 42.1 Å². The van der Waals surface area contributed by atoms with Crippen molar-refractivity contribution in [1.29, 1.82) is 0 Å². The molecule has 0 saturated carbocycles. The Labute approximate surface area is 157 Å². The lowest BCUT2D eigenvalue weighted by molar-refractivity contribution is -0.137. The number of carbonyl (C=O) groups is 1. The third-order valence-electron chi connectivity index (χ3n) is 3.68. The van der Waals surface area contributed by atoms with Gasteiger partial charge < -0.3 is 9.73 Å². The van der Waals surface area contributed by atoms with E-state index in [1.807, 2.05) is 30.3 Å². The Balaban J connectivity index is 1.63. The molecule has 0 aliphatic carbocycles. The highest BCUT2D eigenvalue weighted by Gasteiger charge is 2.30. The fraction of sp³-hybridized carbons (Fsp3) is 0.158. The maximum atomic E-state index is 12.6. The Morgan fingerprint density at radius 1 is 1.11 bits per heavy atom. The maximum Gasteiger partial charge on any atom is 0.417 e. The highest BCUT2D eigenvalue weighted by molar-refractivity contribution is 7.99. The van der Waals surface area contributed by atoms with E-state index in [-0.39, 0.29) is 11.7 Å². The molecule has 1 aromatic carbocycles. The number of rotatable bonds is 6. The Bertz CT molecular complexity index is 866. The molecule has 0 spiro atoms. The van der Waals surface area contributed by atoms with Crippen molar-refractivity contribution in [3.05, 3.63) is 83.9 Å². The Kier molecular flexibility index (Phi) is 5.85. The molecule has 0 bridgehead atoms. The fourth-order valence-electron chi connectivity index (χ4n) is 2.40. The maximum absolute atomic E-state index is 12.6. The first-order valence-electron chi connectivity index (χ1n) is 7.97. The van der Waals surface area contributed by atoms with Crippen molar-refractivity contribution in [1.82, 2.24) is 10.3 Å². The summed E-state index contributed by atoms with van der Waals surface area (Å²) < 4.78 is 43.1. The van der Waals surface area contributed by atoms with Gasteiger partial charge in [-0.15, -0.1) is 0 Å². The Morgan fingerprint density at radius 3 is 2.48 bits per heavy atom. The summed E-state index contributed by atoms with van der Waals surface area (Å²) in [6.07, 6.45) is -2.15. The van der Waals surface area contributed by atoms with Crippen molar-refractivity contribution in [3.63, 3.8) is 0 Å². The number of nitrogens with one attached hydrogen (secondary N) is 1. The van der Waals surface area contributed by atoms with E-state index in [1.165, 1.54) is 12.3 Å². The van der Waals surface area contributed by atoms with Gasteiger partial charge in [-0.25, -0.2) is 4.98 Å². The lowest BCUT2D eigenvalue weighted by atomic mass is 10.0. The highest BCUT2D eigenvalue weighted by Crippen LogP contribution is 2.29. The normalized spacial score (nSPS) is 12.6. The molecule has 1 N–H and O–H groups in total. The summed E-state index contributed by atoms with van der Waals surface area (Å²) in [4.78, 5) is 16.1. The first kappa shape index (κ1) is 19.0. The molecule has 0 radical (unpaired) electrons. The van der Waals surface area contributed by atoms with Gasteiger partial charge in [0.2, 0.25) is 5.91 Å². The van der Waals surface area contributed by atoms with Crippen LogP contribution in [0.4, 0.5) is 13.2 Å². The molecule has 8 heteroatoms. The molecular weight excluding hydrogens is 377 g/mol. The lowest BCUT2D eigenvalue weighted by Crippen LogP contribution is -2.30. The number of hydrogen-bond acceptors (Lipinski definition) is 4. The largest absolute Gasteiger partial charge is 0.467 e. The topological polar surface area (TPSA) is 55.1 Å². The summed E-state index contributed by atoms with van der Waals surface area (Å²) in [5.74, 6) is 0.321.